The highest BCUT2D eigenvalue weighted by atomic mass is 16.3. The standard InChI is InChI=1S/C23H27N3O6/c1-3-15(17-8-7-12(2)32-17)24-18-19(22(30)21(18)29)25-16-6-4-5-14(20(16)28)23(31)26-10-9-13(27)11-26/h4-8,13,15,21,24-25,27-29H,3,9-11H2,1-2H3/t13-,15?,21?/m1/s1. The number of anilines is 1. The Labute approximate surface area is 185 Å². The highest BCUT2D eigenvalue weighted by Gasteiger charge is 2.40. The van der Waals surface area contributed by atoms with Crippen molar-refractivity contribution in [3.8, 4) is 5.75 Å². The number of hydrogen-bond donors (Lipinski definition) is 5. The molecule has 1 saturated heterocycles. The lowest BCUT2D eigenvalue weighted by Gasteiger charge is -2.32. The molecule has 9 heteroatoms. The zero-order valence-corrected chi connectivity index (χ0v) is 18.0. The zero-order valence-electron chi connectivity index (χ0n) is 18.0. The highest BCUT2D eigenvalue weighted by Crippen LogP contribution is 2.34. The van der Waals surface area contributed by atoms with Crippen molar-refractivity contribution in [3.05, 3.63) is 58.8 Å². The van der Waals surface area contributed by atoms with Crippen molar-refractivity contribution in [2.75, 3.05) is 18.4 Å². The second-order valence-electron chi connectivity index (χ2n) is 8.13. The number of benzene rings is 1. The highest BCUT2D eigenvalue weighted by molar-refractivity contribution is 6.11. The van der Waals surface area contributed by atoms with Crippen LogP contribution in [0.5, 0.6) is 5.75 Å². The van der Waals surface area contributed by atoms with Crippen molar-refractivity contribution < 1.29 is 29.3 Å². The van der Waals surface area contributed by atoms with Gasteiger partial charge < -0.3 is 35.3 Å². The number of aliphatic hydroxyl groups is 2. The number of aromatic hydroxyl groups is 1. The molecule has 2 aromatic rings. The van der Waals surface area contributed by atoms with E-state index in [0.29, 0.717) is 30.8 Å². The number of furan rings is 1. The van der Waals surface area contributed by atoms with E-state index in [0.717, 1.165) is 5.76 Å². The maximum atomic E-state index is 12.7. The number of ketones is 1. The number of nitrogens with zero attached hydrogens (tertiary/aromatic N) is 1. The Bertz CT molecular complexity index is 1080. The molecular formula is C23H27N3O6. The molecule has 170 valence electrons. The number of nitrogens with one attached hydrogen (secondary N) is 2. The maximum Gasteiger partial charge on any atom is 0.257 e. The zero-order chi connectivity index (χ0) is 23.0. The van der Waals surface area contributed by atoms with Gasteiger partial charge in [0.25, 0.3) is 5.91 Å². The lowest BCUT2D eigenvalue weighted by Crippen LogP contribution is -2.46. The second kappa shape index (κ2) is 8.68. The van der Waals surface area contributed by atoms with Gasteiger partial charge in [0, 0.05) is 13.1 Å². The summed E-state index contributed by atoms with van der Waals surface area (Å²) in [6, 6.07) is 8.06. The number of aliphatic hydroxyl groups excluding tert-OH is 2. The number of para-hydroxylation sites is 1. The molecule has 9 nitrogen and oxygen atoms in total. The fourth-order valence-electron chi connectivity index (χ4n) is 3.99. The summed E-state index contributed by atoms with van der Waals surface area (Å²) in [4.78, 5) is 26.6. The summed E-state index contributed by atoms with van der Waals surface area (Å²) < 4.78 is 5.67. The van der Waals surface area contributed by atoms with Crippen LogP contribution in [0.2, 0.25) is 0 Å². The molecule has 0 spiro atoms. The summed E-state index contributed by atoms with van der Waals surface area (Å²) in [5.41, 5.74) is 0.668. The van der Waals surface area contributed by atoms with Crippen molar-refractivity contribution in [1.29, 1.82) is 0 Å². The molecule has 1 aliphatic carbocycles. The molecule has 32 heavy (non-hydrogen) atoms. The fraction of sp³-hybridized carbons (Fsp3) is 0.391. The Morgan fingerprint density at radius 1 is 1.28 bits per heavy atom. The average Bonchev–Trinajstić information content (AvgIpc) is 3.41. The summed E-state index contributed by atoms with van der Waals surface area (Å²) >= 11 is 0. The van der Waals surface area contributed by atoms with Crippen LogP contribution >= 0.6 is 0 Å². The van der Waals surface area contributed by atoms with Gasteiger partial charge in [0.05, 0.1) is 29.1 Å². The predicted octanol–water partition coefficient (Wildman–Crippen LogP) is 1.81. The Morgan fingerprint density at radius 3 is 2.69 bits per heavy atom. The van der Waals surface area contributed by atoms with Crippen molar-refractivity contribution in [2.24, 2.45) is 0 Å². The first-order chi connectivity index (χ1) is 15.3. The van der Waals surface area contributed by atoms with Gasteiger partial charge in [0.1, 0.15) is 17.2 Å². The molecule has 0 radical (unpaired) electrons. The molecule has 0 bridgehead atoms. The first kappa shape index (κ1) is 21.9. The monoisotopic (exact) mass is 441 g/mol. The van der Waals surface area contributed by atoms with Crippen LogP contribution in [0.1, 0.15) is 47.7 Å². The number of likely N-dealkylation sites (tertiary alicyclic amines) is 1. The lowest BCUT2D eigenvalue weighted by molar-refractivity contribution is -0.124. The number of rotatable bonds is 7. The molecule has 1 amide bonds. The number of Topliss-reactive ketones (excluding diaryl/α,β-unsaturated/α-hetero) is 1. The van der Waals surface area contributed by atoms with Crippen LogP contribution in [0, 0.1) is 6.92 Å². The Hall–Kier alpha value is -3.30. The van der Waals surface area contributed by atoms with Gasteiger partial charge in [-0.05, 0) is 44.0 Å². The number of β-amino-alcohol motifs (C(OH)–C–C–N with tert-alkyl or cyclic N) is 1. The number of carbonyl (C=O) groups excluding carboxylic acids is 2. The molecule has 4 rings (SSSR count). The van der Waals surface area contributed by atoms with Crippen LogP contribution < -0.4 is 10.6 Å². The first-order valence-corrected chi connectivity index (χ1v) is 10.7. The quantitative estimate of drug-likeness (QED) is 0.411. The number of hydrogen-bond acceptors (Lipinski definition) is 8. The second-order valence-corrected chi connectivity index (χ2v) is 8.13. The van der Waals surface area contributed by atoms with Gasteiger partial charge in [-0.1, -0.05) is 13.0 Å². The van der Waals surface area contributed by atoms with Gasteiger partial charge in [-0.15, -0.1) is 0 Å². The van der Waals surface area contributed by atoms with Crippen molar-refractivity contribution in [2.45, 2.75) is 44.9 Å². The number of phenols is 1. The largest absolute Gasteiger partial charge is 0.505 e. The van der Waals surface area contributed by atoms with E-state index in [-0.39, 0.29) is 35.3 Å². The fourth-order valence-corrected chi connectivity index (χ4v) is 3.99. The van der Waals surface area contributed by atoms with Gasteiger partial charge in [0.15, 0.2) is 11.9 Å². The first-order valence-electron chi connectivity index (χ1n) is 10.7. The van der Waals surface area contributed by atoms with Gasteiger partial charge in [-0.2, -0.15) is 0 Å². The van der Waals surface area contributed by atoms with E-state index in [1.165, 1.54) is 11.0 Å². The van der Waals surface area contributed by atoms with Crippen molar-refractivity contribution >= 4 is 17.4 Å². The number of carbonyl (C=O) groups is 2. The number of amides is 1. The lowest BCUT2D eigenvalue weighted by atomic mass is 9.93. The number of phenolic OH excluding ortho intramolecular Hbond substituents is 1. The minimum atomic E-state index is -1.30. The molecule has 5 N–H and O–H groups in total. The summed E-state index contributed by atoms with van der Waals surface area (Å²) in [5.74, 6) is 0.237. The van der Waals surface area contributed by atoms with E-state index < -0.39 is 23.9 Å². The van der Waals surface area contributed by atoms with Crippen LogP contribution in [-0.2, 0) is 4.79 Å². The molecule has 2 unspecified atom stereocenters. The normalized spacial score (nSPS) is 21.5. The van der Waals surface area contributed by atoms with E-state index in [4.69, 9.17) is 4.42 Å². The van der Waals surface area contributed by atoms with Crippen LogP contribution in [0.15, 0.2) is 46.1 Å². The summed E-state index contributed by atoms with van der Waals surface area (Å²) in [5, 5.41) is 36.6. The van der Waals surface area contributed by atoms with Crippen LogP contribution in [0.25, 0.3) is 0 Å². The Balaban J connectivity index is 1.57. The van der Waals surface area contributed by atoms with E-state index in [9.17, 15) is 24.9 Å². The van der Waals surface area contributed by atoms with Crippen molar-refractivity contribution in [3.63, 3.8) is 0 Å². The molecule has 1 aromatic carbocycles. The van der Waals surface area contributed by atoms with Crippen LogP contribution in [0.3, 0.4) is 0 Å². The van der Waals surface area contributed by atoms with Gasteiger partial charge in [-0.3, -0.25) is 9.59 Å². The molecule has 2 heterocycles. The summed E-state index contributed by atoms with van der Waals surface area (Å²) in [7, 11) is 0. The molecular weight excluding hydrogens is 414 g/mol. The van der Waals surface area contributed by atoms with E-state index in [2.05, 4.69) is 10.6 Å². The molecule has 1 aliphatic heterocycles. The average molecular weight is 441 g/mol. The minimum absolute atomic E-state index is 0.0732. The predicted molar refractivity (Wildman–Crippen MR) is 116 cm³/mol. The third-order valence-electron chi connectivity index (χ3n) is 5.86. The third kappa shape index (κ3) is 3.96. The molecule has 1 fully saturated rings. The Kier molecular flexibility index (Phi) is 5.94. The van der Waals surface area contributed by atoms with E-state index in [1.807, 2.05) is 26.0 Å². The van der Waals surface area contributed by atoms with Crippen molar-refractivity contribution in [1.82, 2.24) is 10.2 Å². The molecule has 0 saturated carbocycles. The summed E-state index contributed by atoms with van der Waals surface area (Å²) in [6.07, 6.45) is -0.728. The van der Waals surface area contributed by atoms with E-state index in [1.54, 1.807) is 12.1 Å². The molecule has 1 aromatic heterocycles. The SMILES string of the molecule is CCC(NC1=C(Nc2cccc(C(=O)N3CC[C@@H](O)C3)c2O)C(=O)C1O)c1ccc(C)o1. The third-order valence-corrected chi connectivity index (χ3v) is 5.86. The van der Waals surface area contributed by atoms with Gasteiger partial charge >= 0.3 is 0 Å². The smallest absolute Gasteiger partial charge is 0.257 e. The van der Waals surface area contributed by atoms with E-state index >= 15 is 0 Å². The number of aryl methyl sites for hydroxylation is 1. The minimum Gasteiger partial charge on any atom is -0.505 e. The van der Waals surface area contributed by atoms with Crippen LogP contribution in [-0.4, -0.2) is 57.2 Å². The van der Waals surface area contributed by atoms with Crippen LogP contribution in [0.4, 0.5) is 5.69 Å². The summed E-state index contributed by atoms with van der Waals surface area (Å²) in [6.45, 7) is 4.41. The molecule has 2 aliphatic rings. The molecule has 3 atom stereocenters. The van der Waals surface area contributed by atoms with Gasteiger partial charge in [-0.25, -0.2) is 0 Å². The van der Waals surface area contributed by atoms with Gasteiger partial charge in [0.2, 0.25) is 5.78 Å². The topological polar surface area (TPSA) is 135 Å². The maximum absolute atomic E-state index is 12.7. The Morgan fingerprint density at radius 2 is 2.06 bits per heavy atom.